The van der Waals surface area contributed by atoms with Gasteiger partial charge in [-0.05, 0) is 80.5 Å². The van der Waals surface area contributed by atoms with Gasteiger partial charge in [-0.3, -0.25) is 4.79 Å². The van der Waals surface area contributed by atoms with E-state index < -0.39 is 0 Å². The minimum Gasteiger partial charge on any atom is -0.393 e. The van der Waals surface area contributed by atoms with E-state index in [-0.39, 0.29) is 16.3 Å². The quantitative estimate of drug-likeness (QED) is 0.646. The Morgan fingerprint density at radius 1 is 1.05 bits per heavy atom. The molecule has 2 nitrogen and oxygen atoms in total. The van der Waals surface area contributed by atoms with Crippen LogP contribution in [0.4, 0.5) is 0 Å². The van der Waals surface area contributed by atoms with E-state index in [0.29, 0.717) is 23.0 Å². The zero-order valence-electron chi connectivity index (χ0n) is 13.9. The van der Waals surface area contributed by atoms with E-state index in [1.54, 1.807) is 0 Å². The highest BCUT2D eigenvalue weighted by molar-refractivity contribution is 9.10. The van der Waals surface area contributed by atoms with Crippen LogP contribution in [0.1, 0.15) is 65.2 Å². The number of Topliss-reactive ketones (excluding diaryl/α,β-unsaturated/α-hetero) is 1. The van der Waals surface area contributed by atoms with Gasteiger partial charge in [-0.1, -0.05) is 29.8 Å². The molecule has 4 saturated carbocycles. The smallest absolute Gasteiger partial charge is 0.152 e. The first kappa shape index (κ1) is 15.6. The maximum absolute atomic E-state index is 12.7. The zero-order chi connectivity index (χ0) is 15.7. The van der Waals surface area contributed by atoms with Crippen molar-refractivity contribution in [2.45, 2.75) is 76.1 Å². The fraction of sp³-hybridized carbons (Fsp3) is 0.947. The van der Waals surface area contributed by atoms with Crippen molar-refractivity contribution >= 4 is 21.7 Å². The van der Waals surface area contributed by atoms with Gasteiger partial charge in [0, 0.05) is 5.41 Å². The van der Waals surface area contributed by atoms with E-state index in [2.05, 4.69) is 29.8 Å². The van der Waals surface area contributed by atoms with Crippen LogP contribution in [0.15, 0.2) is 0 Å². The Bertz CT molecular complexity index is 492. The molecule has 0 amide bonds. The monoisotopic (exact) mass is 368 g/mol. The van der Waals surface area contributed by atoms with Crippen molar-refractivity contribution in [1.82, 2.24) is 0 Å². The van der Waals surface area contributed by atoms with Crippen molar-refractivity contribution in [3.63, 3.8) is 0 Å². The lowest BCUT2D eigenvalue weighted by atomic mass is 9.45. The molecule has 0 aromatic rings. The van der Waals surface area contributed by atoms with Gasteiger partial charge in [0.05, 0.1) is 10.9 Å². The Morgan fingerprint density at radius 3 is 2.59 bits per heavy atom. The first-order valence-corrected chi connectivity index (χ1v) is 10.1. The fourth-order valence-electron chi connectivity index (χ4n) is 6.98. The summed E-state index contributed by atoms with van der Waals surface area (Å²) in [6.45, 7) is 4.75. The molecule has 8 atom stereocenters. The molecule has 3 heteroatoms. The topological polar surface area (TPSA) is 37.3 Å². The van der Waals surface area contributed by atoms with Crippen molar-refractivity contribution < 1.29 is 9.90 Å². The molecule has 4 rings (SSSR count). The molecule has 0 aliphatic heterocycles. The van der Waals surface area contributed by atoms with E-state index in [1.165, 1.54) is 25.7 Å². The van der Waals surface area contributed by atoms with Gasteiger partial charge in [-0.2, -0.15) is 0 Å². The van der Waals surface area contributed by atoms with Crippen LogP contribution in [0.25, 0.3) is 0 Å². The highest BCUT2D eigenvalue weighted by Crippen LogP contribution is 2.65. The summed E-state index contributed by atoms with van der Waals surface area (Å²) < 4.78 is 0. The number of hydrogen-bond acceptors (Lipinski definition) is 2. The molecular formula is C19H29BrO2. The zero-order valence-corrected chi connectivity index (χ0v) is 15.4. The van der Waals surface area contributed by atoms with Crippen LogP contribution >= 0.6 is 15.9 Å². The Labute approximate surface area is 142 Å². The van der Waals surface area contributed by atoms with Gasteiger partial charge in [0.15, 0.2) is 5.78 Å². The first-order chi connectivity index (χ1) is 10.4. The predicted octanol–water partition coefficient (Wildman–Crippen LogP) is 4.33. The number of fused-ring (bicyclic) bond motifs is 5. The van der Waals surface area contributed by atoms with Crippen LogP contribution in [-0.2, 0) is 4.79 Å². The standard InChI is InChI=1S/C19H29BrO2/c1-18-7-5-12(21)9-11(18)3-4-13-14(18)6-8-19(2)15(13)10-16(20)17(19)22/h11-16,21H,3-10H2,1-2H3/t11-,12-,13+,14-,15-,16-,18-,19-/m0/s1. The van der Waals surface area contributed by atoms with Gasteiger partial charge in [0.1, 0.15) is 0 Å². The van der Waals surface area contributed by atoms with Crippen LogP contribution < -0.4 is 0 Å². The van der Waals surface area contributed by atoms with Crippen LogP contribution in [0.2, 0.25) is 0 Å². The normalized spacial score (nSPS) is 57.9. The molecule has 0 heterocycles. The fourth-order valence-corrected chi connectivity index (χ4v) is 7.91. The average molecular weight is 369 g/mol. The van der Waals surface area contributed by atoms with Crippen LogP contribution in [0.3, 0.4) is 0 Å². The number of halogens is 1. The molecular weight excluding hydrogens is 340 g/mol. The van der Waals surface area contributed by atoms with Gasteiger partial charge >= 0.3 is 0 Å². The summed E-state index contributed by atoms with van der Waals surface area (Å²) in [6, 6.07) is 0. The summed E-state index contributed by atoms with van der Waals surface area (Å²) in [5, 5.41) is 10.1. The second-order valence-corrected chi connectivity index (χ2v) is 10.2. The number of aliphatic hydroxyl groups is 1. The molecule has 0 radical (unpaired) electrons. The molecule has 1 N–H and O–H groups in total. The van der Waals surface area contributed by atoms with E-state index >= 15 is 0 Å². The molecule has 0 saturated heterocycles. The largest absolute Gasteiger partial charge is 0.393 e. The molecule has 0 bridgehead atoms. The highest BCUT2D eigenvalue weighted by atomic mass is 79.9. The van der Waals surface area contributed by atoms with Gasteiger partial charge in [-0.25, -0.2) is 0 Å². The Balaban J connectivity index is 1.64. The molecule has 22 heavy (non-hydrogen) atoms. The Hall–Kier alpha value is 0.110. The number of hydrogen-bond donors (Lipinski definition) is 1. The van der Waals surface area contributed by atoms with E-state index in [4.69, 9.17) is 0 Å². The number of aliphatic hydroxyl groups excluding tert-OH is 1. The summed E-state index contributed by atoms with van der Waals surface area (Å²) in [5.41, 5.74) is 0.351. The molecule has 4 fully saturated rings. The van der Waals surface area contributed by atoms with Gasteiger partial charge in [-0.15, -0.1) is 0 Å². The maximum atomic E-state index is 12.7. The SMILES string of the molecule is C[C@]12CC[C@H](O)C[C@@H]1CC[C@@H]1[C@@H]2CC[C@]2(C)C(=O)[C@@H](Br)C[C@@H]12. The summed E-state index contributed by atoms with van der Waals surface area (Å²) in [4.78, 5) is 12.8. The van der Waals surface area contributed by atoms with E-state index in [0.717, 1.165) is 37.5 Å². The predicted molar refractivity (Wildman–Crippen MR) is 90.8 cm³/mol. The van der Waals surface area contributed by atoms with Gasteiger partial charge < -0.3 is 5.11 Å². The highest BCUT2D eigenvalue weighted by Gasteiger charge is 2.61. The van der Waals surface area contributed by atoms with E-state index in [9.17, 15) is 9.90 Å². The lowest BCUT2D eigenvalue weighted by Crippen LogP contribution is -2.54. The second kappa shape index (κ2) is 5.05. The van der Waals surface area contributed by atoms with Crippen molar-refractivity contribution in [3.05, 3.63) is 0 Å². The summed E-state index contributed by atoms with van der Waals surface area (Å²) in [7, 11) is 0. The number of alkyl halides is 1. The van der Waals surface area contributed by atoms with Crippen molar-refractivity contribution in [2.75, 3.05) is 0 Å². The molecule has 0 aromatic carbocycles. The van der Waals surface area contributed by atoms with Crippen molar-refractivity contribution in [2.24, 2.45) is 34.5 Å². The number of carbonyl (C=O) groups excluding carboxylic acids is 1. The third-order valence-corrected chi connectivity index (χ3v) is 9.13. The third kappa shape index (κ3) is 1.97. The van der Waals surface area contributed by atoms with Crippen LogP contribution in [0, 0.1) is 34.5 Å². The van der Waals surface area contributed by atoms with Gasteiger partial charge in [0.25, 0.3) is 0 Å². The van der Waals surface area contributed by atoms with Crippen molar-refractivity contribution in [3.8, 4) is 0 Å². The Kier molecular flexibility index (Phi) is 3.59. The second-order valence-electron chi connectivity index (χ2n) is 9.11. The molecule has 124 valence electrons. The summed E-state index contributed by atoms with van der Waals surface area (Å²) in [6.07, 6.45) is 9.04. The molecule has 0 spiro atoms. The molecule has 0 aromatic heterocycles. The van der Waals surface area contributed by atoms with Crippen LogP contribution in [0.5, 0.6) is 0 Å². The average Bonchev–Trinajstić information content (AvgIpc) is 2.72. The maximum Gasteiger partial charge on any atom is 0.152 e. The number of rotatable bonds is 0. The van der Waals surface area contributed by atoms with E-state index in [1.807, 2.05) is 0 Å². The van der Waals surface area contributed by atoms with Crippen LogP contribution in [-0.4, -0.2) is 21.8 Å². The number of carbonyl (C=O) groups is 1. The minimum absolute atomic E-state index is 0.0628. The number of ketones is 1. The summed E-state index contributed by atoms with van der Waals surface area (Å²) >= 11 is 3.65. The summed E-state index contributed by atoms with van der Waals surface area (Å²) in [5.74, 6) is 3.29. The first-order valence-electron chi connectivity index (χ1n) is 9.23. The lowest BCUT2D eigenvalue weighted by molar-refractivity contribution is -0.142. The molecule has 4 aliphatic carbocycles. The minimum atomic E-state index is -0.0662. The lowest BCUT2D eigenvalue weighted by Gasteiger charge is -2.60. The Morgan fingerprint density at radius 2 is 1.82 bits per heavy atom. The third-order valence-electron chi connectivity index (χ3n) is 8.34. The van der Waals surface area contributed by atoms with Gasteiger partial charge in [0.2, 0.25) is 0 Å². The molecule has 4 aliphatic rings. The van der Waals surface area contributed by atoms with Crippen molar-refractivity contribution in [1.29, 1.82) is 0 Å². The molecule has 0 unspecified atom stereocenters.